The third kappa shape index (κ3) is 1.19. The van der Waals surface area contributed by atoms with Crippen LogP contribution in [0.15, 0.2) is 18.2 Å². The summed E-state index contributed by atoms with van der Waals surface area (Å²) in [5.74, 6) is -0.351. The fourth-order valence-electron chi connectivity index (χ4n) is 1.49. The summed E-state index contributed by atoms with van der Waals surface area (Å²) in [6.45, 7) is 2.49. The lowest BCUT2D eigenvalue weighted by Crippen LogP contribution is -2.00. The lowest BCUT2D eigenvalue weighted by atomic mass is 10.2. The van der Waals surface area contributed by atoms with Crippen molar-refractivity contribution in [3.05, 3.63) is 29.7 Å². The lowest BCUT2D eigenvalue weighted by molar-refractivity contribution is 0.111. The van der Waals surface area contributed by atoms with Crippen LogP contribution in [0.2, 0.25) is 0 Å². The van der Waals surface area contributed by atoms with E-state index in [4.69, 9.17) is 0 Å². The molecule has 0 bridgehead atoms. The molecule has 1 heterocycles. The molecule has 0 fully saturated rings. The van der Waals surface area contributed by atoms with Crippen LogP contribution in [-0.2, 0) is 6.54 Å². The van der Waals surface area contributed by atoms with Gasteiger partial charge in [0.2, 0.25) is 0 Å². The molecule has 72 valence electrons. The minimum Gasteiger partial charge on any atom is -0.296 e. The first kappa shape index (κ1) is 8.87. The van der Waals surface area contributed by atoms with Gasteiger partial charge < -0.3 is 0 Å². The van der Waals surface area contributed by atoms with Crippen LogP contribution < -0.4 is 0 Å². The Labute approximate surface area is 80.1 Å². The van der Waals surface area contributed by atoms with Crippen LogP contribution in [0.25, 0.3) is 10.9 Å². The molecular formula is C10H9FN2O. The van der Waals surface area contributed by atoms with Crippen molar-refractivity contribution >= 4 is 17.2 Å². The zero-order valence-corrected chi connectivity index (χ0v) is 7.70. The number of fused-ring (bicyclic) bond motifs is 1. The summed E-state index contributed by atoms with van der Waals surface area (Å²) in [5.41, 5.74) is 1.08. The topological polar surface area (TPSA) is 34.9 Å². The van der Waals surface area contributed by atoms with Gasteiger partial charge in [0, 0.05) is 11.9 Å². The Kier molecular flexibility index (Phi) is 2.04. The Bertz CT molecular complexity index is 490. The molecule has 0 amide bonds. The van der Waals surface area contributed by atoms with Crippen molar-refractivity contribution in [3.8, 4) is 0 Å². The van der Waals surface area contributed by atoms with Crippen LogP contribution in [0.5, 0.6) is 0 Å². The second-order valence-electron chi connectivity index (χ2n) is 2.98. The second kappa shape index (κ2) is 3.21. The van der Waals surface area contributed by atoms with E-state index in [0.717, 1.165) is 0 Å². The minimum atomic E-state index is -0.351. The molecule has 1 aromatic carbocycles. The number of carbonyl (C=O) groups is 1. The fourth-order valence-corrected chi connectivity index (χ4v) is 1.49. The first-order valence-electron chi connectivity index (χ1n) is 4.37. The summed E-state index contributed by atoms with van der Waals surface area (Å²) in [6, 6.07) is 4.24. The average Bonchev–Trinajstić information content (AvgIpc) is 2.54. The first-order valence-corrected chi connectivity index (χ1v) is 4.37. The van der Waals surface area contributed by atoms with Gasteiger partial charge in [0.15, 0.2) is 6.29 Å². The van der Waals surface area contributed by atoms with Crippen molar-refractivity contribution in [2.45, 2.75) is 13.5 Å². The highest BCUT2D eigenvalue weighted by Gasteiger charge is 2.09. The number of aldehydes is 1. The summed E-state index contributed by atoms with van der Waals surface area (Å²) >= 11 is 0. The van der Waals surface area contributed by atoms with E-state index < -0.39 is 0 Å². The maximum absolute atomic E-state index is 12.9. The summed E-state index contributed by atoms with van der Waals surface area (Å²) in [5, 5.41) is 4.73. The van der Waals surface area contributed by atoms with Crippen LogP contribution in [0.1, 0.15) is 17.4 Å². The van der Waals surface area contributed by atoms with Crippen molar-refractivity contribution in [1.82, 2.24) is 9.78 Å². The maximum Gasteiger partial charge on any atom is 0.168 e. The summed E-state index contributed by atoms with van der Waals surface area (Å²) < 4.78 is 14.5. The molecule has 2 aromatic rings. The molecule has 0 N–H and O–H groups in total. The molecule has 14 heavy (non-hydrogen) atoms. The SMILES string of the molecule is CCn1nc2ccc(F)cc2c1C=O. The van der Waals surface area contributed by atoms with Gasteiger partial charge in [0.25, 0.3) is 0 Å². The Morgan fingerprint density at radius 2 is 2.36 bits per heavy atom. The number of carbonyl (C=O) groups excluding carboxylic acids is 1. The molecule has 0 aliphatic rings. The Morgan fingerprint density at radius 1 is 1.57 bits per heavy atom. The van der Waals surface area contributed by atoms with E-state index in [1.807, 2.05) is 6.92 Å². The number of halogens is 1. The highest BCUT2D eigenvalue weighted by Crippen LogP contribution is 2.18. The first-order chi connectivity index (χ1) is 6.76. The predicted octanol–water partition coefficient (Wildman–Crippen LogP) is 2.01. The smallest absolute Gasteiger partial charge is 0.168 e. The molecule has 1 aromatic heterocycles. The molecule has 0 radical (unpaired) electrons. The molecule has 0 atom stereocenters. The standard InChI is InChI=1S/C10H9FN2O/c1-2-13-10(6-14)8-5-7(11)3-4-9(8)12-13/h3-6H,2H2,1H3. The van der Waals surface area contributed by atoms with Crippen LogP contribution in [0.4, 0.5) is 4.39 Å². The number of aryl methyl sites for hydroxylation is 1. The van der Waals surface area contributed by atoms with Crippen molar-refractivity contribution in [2.75, 3.05) is 0 Å². The van der Waals surface area contributed by atoms with Gasteiger partial charge in [0.1, 0.15) is 11.5 Å². The monoisotopic (exact) mass is 192 g/mol. The van der Waals surface area contributed by atoms with E-state index in [0.29, 0.717) is 29.4 Å². The van der Waals surface area contributed by atoms with Gasteiger partial charge in [0.05, 0.1) is 5.52 Å². The Balaban J connectivity index is 2.81. The van der Waals surface area contributed by atoms with Gasteiger partial charge in [-0.25, -0.2) is 4.39 Å². The molecule has 0 unspecified atom stereocenters. The predicted molar refractivity (Wildman–Crippen MR) is 50.8 cm³/mol. The molecule has 3 nitrogen and oxygen atoms in total. The van der Waals surface area contributed by atoms with Gasteiger partial charge in [-0.05, 0) is 25.1 Å². The normalized spacial score (nSPS) is 10.7. The van der Waals surface area contributed by atoms with E-state index in [2.05, 4.69) is 5.10 Å². The Morgan fingerprint density at radius 3 is 3.00 bits per heavy atom. The van der Waals surface area contributed by atoms with E-state index in [9.17, 15) is 9.18 Å². The van der Waals surface area contributed by atoms with Gasteiger partial charge in [-0.3, -0.25) is 9.48 Å². The molecule has 0 spiro atoms. The second-order valence-corrected chi connectivity index (χ2v) is 2.98. The van der Waals surface area contributed by atoms with E-state index >= 15 is 0 Å². The van der Waals surface area contributed by atoms with E-state index in [1.165, 1.54) is 12.1 Å². The molecule has 0 saturated heterocycles. The van der Waals surface area contributed by atoms with Crippen LogP contribution in [0.3, 0.4) is 0 Å². The zero-order chi connectivity index (χ0) is 10.1. The lowest BCUT2D eigenvalue weighted by Gasteiger charge is -1.95. The van der Waals surface area contributed by atoms with Crippen molar-refractivity contribution in [1.29, 1.82) is 0 Å². The highest BCUT2D eigenvalue weighted by atomic mass is 19.1. The molecular weight excluding hydrogens is 183 g/mol. The number of aromatic nitrogens is 2. The summed E-state index contributed by atoms with van der Waals surface area (Å²) in [6.07, 6.45) is 0.707. The van der Waals surface area contributed by atoms with Crippen molar-refractivity contribution in [2.24, 2.45) is 0 Å². The van der Waals surface area contributed by atoms with Crippen molar-refractivity contribution < 1.29 is 9.18 Å². The van der Waals surface area contributed by atoms with Crippen LogP contribution in [0, 0.1) is 5.82 Å². The average molecular weight is 192 g/mol. The number of hydrogen-bond donors (Lipinski definition) is 0. The summed E-state index contributed by atoms with van der Waals surface area (Å²) in [4.78, 5) is 10.8. The maximum atomic E-state index is 12.9. The fraction of sp³-hybridized carbons (Fsp3) is 0.200. The van der Waals surface area contributed by atoms with Gasteiger partial charge in [-0.2, -0.15) is 5.10 Å². The quantitative estimate of drug-likeness (QED) is 0.682. The number of benzene rings is 1. The van der Waals surface area contributed by atoms with Gasteiger partial charge >= 0.3 is 0 Å². The largest absolute Gasteiger partial charge is 0.296 e. The molecule has 0 saturated carbocycles. The highest BCUT2D eigenvalue weighted by molar-refractivity contribution is 5.95. The van der Waals surface area contributed by atoms with E-state index in [1.54, 1.807) is 10.7 Å². The number of rotatable bonds is 2. The minimum absolute atomic E-state index is 0.351. The molecule has 0 aliphatic heterocycles. The third-order valence-electron chi connectivity index (χ3n) is 2.15. The van der Waals surface area contributed by atoms with Gasteiger partial charge in [-0.15, -0.1) is 0 Å². The van der Waals surface area contributed by atoms with Gasteiger partial charge in [-0.1, -0.05) is 0 Å². The van der Waals surface area contributed by atoms with Crippen molar-refractivity contribution in [3.63, 3.8) is 0 Å². The molecule has 2 rings (SSSR count). The van der Waals surface area contributed by atoms with Crippen LogP contribution in [-0.4, -0.2) is 16.1 Å². The molecule has 0 aliphatic carbocycles. The number of nitrogens with zero attached hydrogens (tertiary/aromatic N) is 2. The van der Waals surface area contributed by atoms with E-state index in [-0.39, 0.29) is 5.82 Å². The van der Waals surface area contributed by atoms with Crippen LogP contribution >= 0.6 is 0 Å². The summed E-state index contributed by atoms with van der Waals surface area (Å²) in [7, 11) is 0. The third-order valence-corrected chi connectivity index (χ3v) is 2.15. The molecule has 4 heteroatoms. The number of hydrogen-bond acceptors (Lipinski definition) is 2. The Hall–Kier alpha value is -1.71. The zero-order valence-electron chi connectivity index (χ0n) is 7.70.